The third-order valence-corrected chi connectivity index (χ3v) is 5.70. The van der Waals surface area contributed by atoms with Gasteiger partial charge in [-0.25, -0.2) is 0 Å². The minimum atomic E-state index is -0.679. The quantitative estimate of drug-likeness (QED) is 0.596. The third-order valence-electron chi connectivity index (χ3n) is 5.05. The van der Waals surface area contributed by atoms with Crippen molar-refractivity contribution in [2.24, 2.45) is 0 Å². The number of carbonyl (C=O) groups is 4. The molecule has 0 N–H and O–H groups in total. The van der Waals surface area contributed by atoms with Crippen LogP contribution in [-0.4, -0.2) is 66.9 Å². The van der Waals surface area contributed by atoms with Gasteiger partial charge in [-0.05, 0) is 42.8 Å². The van der Waals surface area contributed by atoms with Gasteiger partial charge in [0.1, 0.15) is 26.3 Å². The van der Waals surface area contributed by atoms with E-state index in [1.165, 1.54) is 29.0 Å². The molecule has 1 heterocycles. The molecule has 0 aromatic heterocycles. The molecule has 0 atom stereocenters. The molecule has 1 fully saturated rings. The molecule has 32 heavy (non-hydrogen) atoms. The van der Waals surface area contributed by atoms with E-state index in [1.54, 1.807) is 37.3 Å². The molecule has 168 valence electrons. The molecule has 0 unspecified atom stereocenters. The van der Waals surface area contributed by atoms with Gasteiger partial charge in [-0.2, -0.15) is 0 Å². The zero-order valence-electron chi connectivity index (χ0n) is 17.5. The molecule has 10 heteroatoms. The van der Waals surface area contributed by atoms with Crippen molar-refractivity contribution in [3.63, 3.8) is 0 Å². The number of amides is 3. The summed E-state index contributed by atoms with van der Waals surface area (Å²) in [6.07, 6.45) is 0. The summed E-state index contributed by atoms with van der Waals surface area (Å²) in [7, 11) is 1.19. The second-order valence-electron chi connectivity index (χ2n) is 7.19. The highest BCUT2D eigenvalue weighted by molar-refractivity contribution is 6.32. The van der Waals surface area contributed by atoms with Crippen LogP contribution in [0.15, 0.2) is 42.5 Å². The molecule has 8 nitrogen and oxygen atoms in total. The lowest BCUT2D eigenvalue weighted by molar-refractivity contribution is -0.142. The second-order valence-corrected chi connectivity index (χ2v) is 8.03. The Bertz CT molecular complexity index is 1080. The van der Waals surface area contributed by atoms with Crippen LogP contribution in [0, 0.1) is 6.92 Å². The van der Waals surface area contributed by atoms with Crippen LogP contribution in [0.2, 0.25) is 10.0 Å². The largest absolute Gasteiger partial charge is 0.468 e. The van der Waals surface area contributed by atoms with Gasteiger partial charge in [0.15, 0.2) is 0 Å². The number of methoxy groups -OCH3 is 1. The summed E-state index contributed by atoms with van der Waals surface area (Å²) in [5, 5.41) is 0.856. The number of nitrogens with zero attached hydrogens (tertiary/aromatic N) is 3. The van der Waals surface area contributed by atoms with E-state index >= 15 is 0 Å². The lowest BCUT2D eigenvalue weighted by Crippen LogP contribution is -2.45. The van der Waals surface area contributed by atoms with E-state index in [1.807, 2.05) is 0 Å². The number of benzene rings is 2. The third kappa shape index (κ3) is 5.20. The Hall–Kier alpha value is -3.10. The number of anilines is 1. The molecule has 1 aliphatic heterocycles. The van der Waals surface area contributed by atoms with Crippen LogP contribution < -0.4 is 4.90 Å². The van der Waals surface area contributed by atoms with E-state index in [0.29, 0.717) is 15.7 Å². The van der Waals surface area contributed by atoms with Crippen molar-refractivity contribution in [1.29, 1.82) is 0 Å². The van der Waals surface area contributed by atoms with Gasteiger partial charge in [-0.15, -0.1) is 0 Å². The van der Waals surface area contributed by atoms with E-state index in [-0.39, 0.29) is 24.7 Å². The lowest BCUT2D eigenvalue weighted by atomic mass is 10.2. The number of esters is 1. The van der Waals surface area contributed by atoms with Crippen LogP contribution in [0.4, 0.5) is 5.69 Å². The molecule has 3 amide bonds. The zero-order valence-corrected chi connectivity index (χ0v) is 19.0. The number of rotatable bonds is 6. The average Bonchev–Trinajstić information content (AvgIpc) is 3.16. The van der Waals surface area contributed by atoms with Crippen molar-refractivity contribution in [2.45, 2.75) is 6.92 Å². The molecular formula is C22H21Cl2N3O5. The van der Waals surface area contributed by atoms with E-state index in [9.17, 15) is 19.2 Å². The Kier molecular flexibility index (Phi) is 7.37. The SMILES string of the molecule is COC(=O)CN(CC(=O)N1CC(=O)N(c2cccc(Cl)c2C)C1)C(=O)c1cccc(Cl)c1. The fourth-order valence-electron chi connectivity index (χ4n) is 3.30. The molecule has 0 spiro atoms. The summed E-state index contributed by atoms with van der Waals surface area (Å²) in [6.45, 7) is 0.818. The summed E-state index contributed by atoms with van der Waals surface area (Å²) in [6, 6.07) is 11.4. The fraction of sp³-hybridized carbons (Fsp3) is 0.273. The molecule has 0 radical (unpaired) electrons. The second kappa shape index (κ2) is 10.0. The number of halogens is 2. The average molecular weight is 478 g/mol. The van der Waals surface area contributed by atoms with Crippen molar-refractivity contribution >= 4 is 52.6 Å². The van der Waals surface area contributed by atoms with Crippen LogP contribution >= 0.6 is 23.2 Å². The van der Waals surface area contributed by atoms with Gasteiger partial charge in [-0.3, -0.25) is 24.1 Å². The first-order chi connectivity index (χ1) is 15.2. The minimum Gasteiger partial charge on any atom is -0.468 e. The van der Waals surface area contributed by atoms with Crippen molar-refractivity contribution in [3.05, 3.63) is 63.6 Å². The first-order valence-corrected chi connectivity index (χ1v) is 10.4. The van der Waals surface area contributed by atoms with Gasteiger partial charge in [0, 0.05) is 21.3 Å². The lowest BCUT2D eigenvalue weighted by Gasteiger charge is -2.24. The summed E-state index contributed by atoms with van der Waals surface area (Å²) < 4.78 is 4.66. The van der Waals surface area contributed by atoms with Crippen LogP contribution in [0.1, 0.15) is 15.9 Å². The predicted octanol–water partition coefficient (Wildman–Crippen LogP) is 2.75. The summed E-state index contributed by atoms with van der Waals surface area (Å²) in [4.78, 5) is 54.1. The predicted molar refractivity (Wildman–Crippen MR) is 120 cm³/mol. The van der Waals surface area contributed by atoms with E-state index in [4.69, 9.17) is 23.2 Å². The molecule has 0 bridgehead atoms. The molecule has 0 saturated carbocycles. The van der Waals surface area contributed by atoms with Gasteiger partial charge in [0.05, 0.1) is 7.11 Å². The molecule has 1 saturated heterocycles. The van der Waals surface area contributed by atoms with Crippen molar-refractivity contribution < 1.29 is 23.9 Å². The summed E-state index contributed by atoms with van der Waals surface area (Å²) in [5.74, 6) is -2.00. The minimum absolute atomic E-state index is 0.0102. The van der Waals surface area contributed by atoms with E-state index in [2.05, 4.69) is 4.74 Å². The van der Waals surface area contributed by atoms with Gasteiger partial charge in [-0.1, -0.05) is 35.3 Å². The Morgan fingerprint density at radius 3 is 2.50 bits per heavy atom. The van der Waals surface area contributed by atoms with E-state index in [0.717, 1.165) is 10.5 Å². The highest BCUT2D eigenvalue weighted by Gasteiger charge is 2.34. The smallest absolute Gasteiger partial charge is 0.325 e. The Labute approximate surface area is 195 Å². The number of carbonyl (C=O) groups excluding carboxylic acids is 4. The topological polar surface area (TPSA) is 87.2 Å². The van der Waals surface area contributed by atoms with E-state index < -0.39 is 30.9 Å². The fourth-order valence-corrected chi connectivity index (χ4v) is 3.66. The zero-order chi connectivity index (χ0) is 23.4. The normalized spacial score (nSPS) is 13.3. The molecule has 3 rings (SSSR count). The first-order valence-electron chi connectivity index (χ1n) is 9.66. The molecule has 2 aromatic rings. The number of ether oxygens (including phenoxy) is 1. The number of hydrogen-bond acceptors (Lipinski definition) is 5. The molecule has 1 aliphatic rings. The summed E-state index contributed by atoms with van der Waals surface area (Å²) in [5.41, 5.74) is 1.56. The van der Waals surface area contributed by atoms with Crippen molar-refractivity contribution in [1.82, 2.24) is 9.80 Å². The molecular weight excluding hydrogens is 457 g/mol. The van der Waals surface area contributed by atoms with Crippen LogP contribution in [0.3, 0.4) is 0 Å². The van der Waals surface area contributed by atoms with Crippen molar-refractivity contribution in [3.8, 4) is 0 Å². The maximum atomic E-state index is 13.0. The number of hydrogen-bond donors (Lipinski definition) is 0. The Morgan fingerprint density at radius 2 is 1.81 bits per heavy atom. The molecule has 0 aliphatic carbocycles. The van der Waals surface area contributed by atoms with Gasteiger partial charge in [0.2, 0.25) is 11.8 Å². The monoisotopic (exact) mass is 477 g/mol. The van der Waals surface area contributed by atoms with Crippen LogP contribution in [0.25, 0.3) is 0 Å². The summed E-state index contributed by atoms with van der Waals surface area (Å²) >= 11 is 12.1. The maximum Gasteiger partial charge on any atom is 0.325 e. The first kappa shape index (κ1) is 23.6. The highest BCUT2D eigenvalue weighted by atomic mass is 35.5. The van der Waals surface area contributed by atoms with Gasteiger partial charge < -0.3 is 14.5 Å². The van der Waals surface area contributed by atoms with Crippen LogP contribution in [-0.2, 0) is 19.1 Å². The molecule has 2 aromatic carbocycles. The Morgan fingerprint density at radius 1 is 1.09 bits per heavy atom. The standard InChI is InChI=1S/C22H21Cl2N3O5/c1-14-17(24)7-4-8-18(14)27-13-26(11-20(27)29)19(28)10-25(12-21(30)32-2)22(31)15-5-3-6-16(23)9-15/h3-9H,10-13H2,1-2H3. The highest BCUT2D eigenvalue weighted by Crippen LogP contribution is 2.28. The van der Waals surface area contributed by atoms with Crippen LogP contribution in [0.5, 0.6) is 0 Å². The Balaban J connectivity index is 1.77. The maximum absolute atomic E-state index is 13.0. The van der Waals surface area contributed by atoms with Gasteiger partial charge in [0.25, 0.3) is 5.91 Å². The van der Waals surface area contributed by atoms with Crippen molar-refractivity contribution in [2.75, 3.05) is 38.3 Å². The van der Waals surface area contributed by atoms with Gasteiger partial charge >= 0.3 is 5.97 Å².